The van der Waals surface area contributed by atoms with Crippen molar-refractivity contribution >= 4 is 5.91 Å². The summed E-state index contributed by atoms with van der Waals surface area (Å²) in [4.78, 5) is 10.7. The molecule has 1 saturated heterocycles. The van der Waals surface area contributed by atoms with Crippen molar-refractivity contribution in [3.8, 4) is 0 Å². The molecule has 0 unspecified atom stereocenters. The molecule has 2 atom stereocenters. The third-order valence-electron chi connectivity index (χ3n) is 1.55. The van der Waals surface area contributed by atoms with Gasteiger partial charge in [-0.25, -0.2) is 0 Å². The van der Waals surface area contributed by atoms with E-state index in [0.29, 0.717) is 0 Å². The molecule has 0 aromatic carbocycles. The number of ether oxygens (including phenoxy) is 1. The quantitative estimate of drug-likeness (QED) is 0.436. The van der Waals surface area contributed by atoms with E-state index in [0.717, 1.165) is 0 Å². The van der Waals surface area contributed by atoms with Gasteiger partial charge in [0.15, 0.2) is 6.10 Å². The van der Waals surface area contributed by atoms with Crippen LogP contribution >= 0.6 is 0 Å². The Balaban J connectivity index is 2.45. The lowest BCUT2D eigenvalue weighted by molar-refractivity contribution is -0.142. The molecule has 1 aliphatic heterocycles. The molecule has 3 nitrogen and oxygen atoms in total. The summed E-state index contributed by atoms with van der Waals surface area (Å²) in [6, 6.07) is 0.0856. The summed E-state index contributed by atoms with van der Waals surface area (Å²) in [7, 11) is 1.54. The van der Waals surface area contributed by atoms with Crippen LogP contribution in [0.25, 0.3) is 0 Å². The van der Waals surface area contributed by atoms with E-state index in [-0.39, 0.29) is 18.1 Å². The zero-order valence-electron chi connectivity index (χ0n) is 6.13. The third-order valence-corrected chi connectivity index (χ3v) is 1.55. The summed E-state index contributed by atoms with van der Waals surface area (Å²) in [5.41, 5.74) is 0. The van der Waals surface area contributed by atoms with Crippen LogP contribution in [0, 0.1) is 0 Å². The summed E-state index contributed by atoms with van der Waals surface area (Å²) in [5, 5.41) is 2.69. The van der Waals surface area contributed by atoms with E-state index in [9.17, 15) is 4.79 Å². The van der Waals surface area contributed by atoms with Gasteiger partial charge in [0.25, 0.3) is 5.91 Å². The predicted molar refractivity (Wildman–Crippen MR) is 37.5 cm³/mol. The predicted octanol–water partition coefficient (Wildman–Crippen LogP) is 0.0759. The summed E-state index contributed by atoms with van der Waals surface area (Å²) >= 11 is 0. The fraction of sp³-hybridized carbons (Fsp3) is 0.571. The highest BCUT2D eigenvalue weighted by Gasteiger charge is 2.37. The van der Waals surface area contributed by atoms with Crippen molar-refractivity contribution in [2.45, 2.75) is 19.1 Å². The van der Waals surface area contributed by atoms with Gasteiger partial charge in [-0.15, -0.1) is 0 Å². The van der Waals surface area contributed by atoms with Crippen molar-refractivity contribution in [3.05, 3.63) is 12.2 Å². The van der Waals surface area contributed by atoms with E-state index in [1.807, 2.05) is 19.1 Å². The number of carbonyl (C=O) groups is 1. The zero-order chi connectivity index (χ0) is 7.56. The lowest BCUT2D eigenvalue weighted by atomic mass is 10.0. The van der Waals surface area contributed by atoms with E-state index >= 15 is 0 Å². The molecule has 3 heteroatoms. The molecule has 56 valence electrons. The van der Waals surface area contributed by atoms with Crippen LogP contribution in [0.5, 0.6) is 0 Å². The first-order chi connectivity index (χ1) is 4.79. The molecule has 1 N–H and O–H groups in total. The Labute approximate surface area is 60.1 Å². The lowest BCUT2D eigenvalue weighted by Crippen LogP contribution is -2.62. The van der Waals surface area contributed by atoms with Crippen molar-refractivity contribution in [2.24, 2.45) is 0 Å². The number of allylic oxidation sites excluding steroid dienone is 1. The second-order valence-corrected chi connectivity index (χ2v) is 2.22. The SMILES string of the molecule is C/C=C/[C@@H]1NC(=O)[C@@H]1OC. The van der Waals surface area contributed by atoms with Crippen LogP contribution in [0.1, 0.15) is 6.92 Å². The van der Waals surface area contributed by atoms with Crippen LogP contribution in [0.3, 0.4) is 0 Å². The van der Waals surface area contributed by atoms with Gasteiger partial charge in [0.1, 0.15) is 0 Å². The van der Waals surface area contributed by atoms with Gasteiger partial charge in [-0.2, -0.15) is 0 Å². The minimum Gasteiger partial charge on any atom is -0.369 e. The van der Waals surface area contributed by atoms with Gasteiger partial charge < -0.3 is 10.1 Å². The molecule has 0 radical (unpaired) electrons. The van der Waals surface area contributed by atoms with E-state index < -0.39 is 0 Å². The Morgan fingerprint density at radius 1 is 1.70 bits per heavy atom. The molecule has 0 aromatic rings. The van der Waals surface area contributed by atoms with Crippen molar-refractivity contribution in [1.82, 2.24) is 5.32 Å². The first-order valence-corrected chi connectivity index (χ1v) is 3.25. The number of carbonyl (C=O) groups excluding carboxylic acids is 1. The molecule has 0 spiro atoms. The normalized spacial score (nSPS) is 32.0. The molecule has 0 bridgehead atoms. The monoisotopic (exact) mass is 141 g/mol. The van der Waals surface area contributed by atoms with Gasteiger partial charge >= 0.3 is 0 Å². The second kappa shape index (κ2) is 2.84. The van der Waals surface area contributed by atoms with Crippen LogP contribution < -0.4 is 5.32 Å². The molecule has 1 fully saturated rings. The first kappa shape index (κ1) is 7.28. The minimum absolute atomic E-state index is 0.0226. The highest BCUT2D eigenvalue weighted by Crippen LogP contribution is 2.10. The topological polar surface area (TPSA) is 38.3 Å². The van der Waals surface area contributed by atoms with Crippen LogP contribution in [-0.2, 0) is 9.53 Å². The van der Waals surface area contributed by atoms with Crippen molar-refractivity contribution in [2.75, 3.05) is 7.11 Å². The number of hydrogen-bond acceptors (Lipinski definition) is 2. The summed E-state index contributed by atoms with van der Waals surface area (Å²) in [6.45, 7) is 1.91. The number of β-lactam (4-membered cyclic amide) rings is 1. The lowest BCUT2D eigenvalue weighted by Gasteiger charge is -2.33. The highest BCUT2D eigenvalue weighted by atomic mass is 16.5. The van der Waals surface area contributed by atoms with Crippen LogP contribution in [0.2, 0.25) is 0 Å². The standard InChI is InChI=1S/C7H11NO2/c1-3-4-5-6(10-2)7(9)8-5/h3-6H,1-2H3,(H,8,9)/b4-3+/t5-,6+/m0/s1. The zero-order valence-corrected chi connectivity index (χ0v) is 6.13. The average Bonchev–Trinajstić information content (AvgIpc) is 1.88. The maximum absolute atomic E-state index is 10.7. The highest BCUT2D eigenvalue weighted by molar-refractivity contribution is 5.88. The number of hydrogen-bond donors (Lipinski definition) is 1. The molecule has 0 saturated carbocycles. The van der Waals surface area contributed by atoms with E-state index in [4.69, 9.17) is 4.74 Å². The minimum atomic E-state index is -0.267. The molecule has 0 aliphatic carbocycles. The summed E-state index contributed by atoms with van der Waals surface area (Å²) in [5.74, 6) is -0.0226. The molecular formula is C7H11NO2. The van der Waals surface area contributed by atoms with Crippen LogP contribution in [0.4, 0.5) is 0 Å². The third kappa shape index (κ3) is 1.04. The summed E-state index contributed by atoms with van der Waals surface area (Å²) in [6.07, 6.45) is 3.54. The Kier molecular flexibility index (Phi) is 2.06. The fourth-order valence-corrected chi connectivity index (χ4v) is 0.999. The smallest absolute Gasteiger partial charge is 0.252 e. The molecular weight excluding hydrogens is 130 g/mol. The Bertz CT molecular complexity index is 165. The molecule has 1 rings (SSSR count). The van der Waals surface area contributed by atoms with Crippen LogP contribution in [-0.4, -0.2) is 25.2 Å². The molecule has 10 heavy (non-hydrogen) atoms. The van der Waals surface area contributed by atoms with Crippen molar-refractivity contribution in [1.29, 1.82) is 0 Å². The molecule has 1 heterocycles. The van der Waals surface area contributed by atoms with Gasteiger partial charge in [-0.05, 0) is 6.92 Å². The Morgan fingerprint density at radius 2 is 2.40 bits per heavy atom. The number of rotatable bonds is 2. The Hall–Kier alpha value is -0.830. The van der Waals surface area contributed by atoms with Gasteiger partial charge in [-0.3, -0.25) is 4.79 Å². The molecule has 0 aromatic heterocycles. The number of methoxy groups -OCH3 is 1. The van der Waals surface area contributed by atoms with Gasteiger partial charge in [0, 0.05) is 7.11 Å². The summed E-state index contributed by atoms with van der Waals surface area (Å²) < 4.78 is 4.90. The van der Waals surface area contributed by atoms with Crippen LogP contribution in [0.15, 0.2) is 12.2 Å². The van der Waals surface area contributed by atoms with E-state index in [1.165, 1.54) is 0 Å². The first-order valence-electron chi connectivity index (χ1n) is 3.25. The van der Waals surface area contributed by atoms with Gasteiger partial charge in [-0.1, -0.05) is 12.2 Å². The van der Waals surface area contributed by atoms with Gasteiger partial charge in [0.2, 0.25) is 0 Å². The fourth-order valence-electron chi connectivity index (χ4n) is 0.999. The van der Waals surface area contributed by atoms with Crippen molar-refractivity contribution in [3.63, 3.8) is 0 Å². The maximum atomic E-state index is 10.7. The number of amides is 1. The second-order valence-electron chi connectivity index (χ2n) is 2.22. The number of nitrogens with one attached hydrogen (secondary N) is 1. The molecule has 1 amide bonds. The largest absolute Gasteiger partial charge is 0.369 e. The van der Waals surface area contributed by atoms with E-state index in [2.05, 4.69) is 5.32 Å². The molecule has 1 aliphatic rings. The van der Waals surface area contributed by atoms with E-state index in [1.54, 1.807) is 7.11 Å². The van der Waals surface area contributed by atoms with Gasteiger partial charge in [0.05, 0.1) is 6.04 Å². The van der Waals surface area contributed by atoms with Crippen molar-refractivity contribution < 1.29 is 9.53 Å². The average molecular weight is 141 g/mol. The maximum Gasteiger partial charge on any atom is 0.252 e. The Morgan fingerprint density at radius 3 is 2.80 bits per heavy atom.